The van der Waals surface area contributed by atoms with Crippen molar-refractivity contribution in [3.8, 4) is 0 Å². The molecule has 0 aromatic heterocycles. The number of allylic oxidation sites excluding steroid dienone is 1. The molecule has 0 saturated carbocycles. The van der Waals surface area contributed by atoms with Gasteiger partial charge in [-0.3, -0.25) is 9.98 Å². The summed E-state index contributed by atoms with van der Waals surface area (Å²) in [5.74, 6) is 0. The molecular formula is C21H15ClN2S. The zero-order valence-corrected chi connectivity index (χ0v) is 15.0. The predicted octanol–water partition coefficient (Wildman–Crippen LogP) is 6.00. The standard InChI is InChI=1S/C21H15ClN2S/c1-23-19(16-11-6-8-14-7-2-3-9-15(14)16)21-20(24-13-22)17-10-4-5-12-18(17)25-21/h2-12H,1,13H2/b21-19+,24-20-. The number of hydrogen-bond acceptors (Lipinski definition) is 3. The molecule has 25 heavy (non-hydrogen) atoms. The third-order valence-corrected chi connectivity index (χ3v) is 5.49. The molecule has 0 bridgehead atoms. The fourth-order valence-corrected chi connectivity index (χ4v) is 4.42. The molecular weight excluding hydrogens is 348 g/mol. The van der Waals surface area contributed by atoms with Crippen molar-refractivity contribution in [1.82, 2.24) is 0 Å². The van der Waals surface area contributed by atoms with Gasteiger partial charge in [0.1, 0.15) is 6.00 Å². The van der Waals surface area contributed by atoms with Crippen LogP contribution in [-0.4, -0.2) is 18.4 Å². The van der Waals surface area contributed by atoms with Crippen molar-refractivity contribution < 1.29 is 0 Å². The molecule has 2 nitrogen and oxygen atoms in total. The van der Waals surface area contributed by atoms with Crippen LogP contribution in [-0.2, 0) is 0 Å². The van der Waals surface area contributed by atoms with Gasteiger partial charge in [-0.1, -0.05) is 72.4 Å². The number of aliphatic imine (C=N–C) groups is 2. The highest BCUT2D eigenvalue weighted by Gasteiger charge is 2.27. The molecule has 1 aliphatic rings. The molecule has 3 aromatic carbocycles. The number of fused-ring (bicyclic) bond motifs is 2. The lowest BCUT2D eigenvalue weighted by molar-refractivity contribution is 1.34. The van der Waals surface area contributed by atoms with E-state index in [1.807, 2.05) is 24.3 Å². The van der Waals surface area contributed by atoms with Crippen molar-refractivity contribution in [3.05, 3.63) is 82.8 Å². The lowest BCUT2D eigenvalue weighted by atomic mass is 10.0. The molecule has 0 fully saturated rings. The van der Waals surface area contributed by atoms with E-state index in [1.54, 1.807) is 11.8 Å². The Balaban J connectivity index is 1.99. The molecule has 0 N–H and O–H groups in total. The first-order chi connectivity index (χ1) is 12.3. The highest BCUT2D eigenvalue weighted by atomic mass is 35.5. The topological polar surface area (TPSA) is 24.7 Å². The summed E-state index contributed by atoms with van der Waals surface area (Å²) in [6.45, 7) is 3.84. The van der Waals surface area contributed by atoms with E-state index >= 15 is 0 Å². The first-order valence-corrected chi connectivity index (χ1v) is 9.25. The van der Waals surface area contributed by atoms with Gasteiger partial charge in [0.2, 0.25) is 0 Å². The largest absolute Gasteiger partial charge is 0.267 e. The van der Waals surface area contributed by atoms with E-state index in [0.29, 0.717) is 0 Å². The zero-order valence-electron chi connectivity index (χ0n) is 13.4. The van der Waals surface area contributed by atoms with Gasteiger partial charge in [-0.2, -0.15) is 0 Å². The Morgan fingerprint density at radius 2 is 1.72 bits per heavy atom. The molecule has 122 valence electrons. The van der Waals surface area contributed by atoms with Crippen molar-refractivity contribution in [2.45, 2.75) is 4.90 Å². The molecule has 0 aliphatic carbocycles. The quantitative estimate of drug-likeness (QED) is 0.318. The normalized spacial score (nSPS) is 16.9. The summed E-state index contributed by atoms with van der Waals surface area (Å²) >= 11 is 7.61. The molecule has 1 aliphatic heterocycles. The van der Waals surface area contributed by atoms with E-state index in [1.165, 1.54) is 10.3 Å². The van der Waals surface area contributed by atoms with Gasteiger partial charge in [0.25, 0.3) is 0 Å². The van der Waals surface area contributed by atoms with Crippen molar-refractivity contribution in [2.24, 2.45) is 9.98 Å². The number of nitrogens with zero attached hydrogens (tertiary/aromatic N) is 2. The fraction of sp³-hybridized carbons (Fsp3) is 0.0476. The van der Waals surface area contributed by atoms with E-state index in [-0.39, 0.29) is 6.00 Å². The lowest BCUT2D eigenvalue weighted by Gasteiger charge is -2.10. The molecule has 0 saturated heterocycles. The van der Waals surface area contributed by atoms with E-state index in [0.717, 1.165) is 32.8 Å². The molecule has 1 heterocycles. The van der Waals surface area contributed by atoms with Gasteiger partial charge in [0, 0.05) is 16.0 Å². The maximum absolute atomic E-state index is 5.94. The van der Waals surface area contributed by atoms with E-state index in [4.69, 9.17) is 11.6 Å². The second kappa shape index (κ2) is 6.87. The van der Waals surface area contributed by atoms with Crippen molar-refractivity contribution in [1.29, 1.82) is 0 Å². The van der Waals surface area contributed by atoms with E-state index in [9.17, 15) is 0 Å². The number of alkyl halides is 1. The van der Waals surface area contributed by atoms with Crippen LogP contribution < -0.4 is 0 Å². The van der Waals surface area contributed by atoms with E-state index in [2.05, 4.69) is 59.2 Å². The number of benzene rings is 3. The SMILES string of the molecule is C=N/C(=C1/Sc2ccccc2/C1=N/CCl)c1cccc2ccccc12. The van der Waals surface area contributed by atoms with Gasteiger partial charge >= 0.3 is 0 Å². The van der Waals surface area contributed by atoms with Crippen LogP contribution in [0.3, 0.4) is 0 Å². The monoisotopic (exact) mass is 362 g/mol. The van der Waals surface area contributed by atoms with Crippen LogP contribution in [0.15, 0.2) is 86.5 Å². The number of rotatable bonds is 3. The van der Waals surface area contributed by atoms with E-state index < -0.39 is 0 Å². The van der Waals surface area contributed by atoms with Crippen LogP contribution in [0, 0.1) is 0 Å². The van der Waals surface area contributed by atoms with Crippen molar-refractivity contribution >= 4 is 52.3 Å². The second-order valence-corrected chi connectivity index (χ2v) is 6.88. The molecule has 0 unspecified atom stereocenters. The minimum Gasteiger partial charge on any atom is -0.267 e. The Kier molecular flexibility index (Phi) is 4.43. The smallest absolute Gasteiger partial charge is 0.114 e. The first-order valence-electron chi connectivity index (χ1n) is 7.90. The van der Waals surface area contributed by atoms with Crippen LogP contribution in [0.4, 0.5) is 0 Å². The molecule has 0 amide bonds. The Hall–Kier alpha value is -2.36. The van der Waals surface area contributed by atoms with Crippen LogP contribution in [0.1, 0.15) is 11.1 Å². The van der Waals surface area contributed by atoms with Gasteiger partial charge in [0.05, 0.1) is 16.3 Å². The summed E-state index contributed by atoms with van der Waals surface area (Å²) in [6.07, 6.45) is 0. The van der Waals surface area contributed by atoms with Crippen LogP contribution >= 0.6 is 23.4 Å². The number of halogens is 1. The third-order valence-electron chi connectivity index (χ3n) is 4.21. The van der Waals surface area contributed by atoms with Crippen LogP contribution in [0.2, 0.25) is 0 Å². The highest BCUT2D eigenvalue weighted by molar-refractivity contribution is 8.05. The maximum Gasteiger partial charge on any atom is 0.114 e. The number of thioether (sulfide) groups is 1. The highest BCUT2D eigenvalue weighted by Crippen LogP contribution is 2.45. The Bertz CT molecular complexity index is 1030. The summed E-state index contributed by atoms with van der Waals surface area (Å²) in [5.41, 5.74) is 3.91. The molecule has 0 spiro atoms. The molecule has 0 radical (unpaired) electrons. The summed E-state index contributed by atoms with van der Waals surface area (Å²) in [5, 5.41) is 2.33. The molecule has 4 heteroatoms. The summed E-state index contributed by atoms with van der Waals surface area (Å²) in [4.78, 5) is 11.1. The molecule has 3 aromatic rings. The minimum absolute atomic E-state index is 0.216. The average Bonchev–Trinajstić information content (AvgIpc) is 3.01. The van der Waals surface area contributed by atoms with Gasteiger partial charge in [-0.05, 0) is 23.6 Å². The first kappa shape index (κ1) is 16.1. The molecule has 4 rings (SSSR count). The number of hydrogen-bond donors (Lipinski definition) is 0. The Labute approximate surface area is 156 Å². The summed E-state index contributed by atoms with van der Waals surface area (Å²) < 4.78 is 0. The van der Waals surface area contributed by atoms with Crippen LogP contribution in [0.25, 0.3) is 16.5 Å². The third kappa shape index (κ3) is 2.80. The average molecular weight is 363 g/mol. The predicted molar refractivity (Wildman–Crippen MR) is 110 cm³/mol. The Morgan fingerprint density at radius 1 is 0.960 bits per heavy atom. The van der Waals surface area contributed by atoms with Gasteiger partial charge in [-0.15, -0.1) is 11.6 Å². The zero-order chi connectivity index (χ0) is 17.2. The van der Waals surface area contributed by atoms with Gasteiger partial charge in [-0.25, -0.2) is 0 Å². The fourth-order valence-electron chi connectivity index (χ4n) is 3.12. The van der Waals surface area contributed by atoms with Crippen molar-refractivity contribution in [2.75, 3.05) is 6.00 Å². The van der Waals surface area contributed by atoms with Gasteiger partial charge in [0.15, 0.2) is 0 Å². The Morgan fingerprint density at radius 3 is 2.56 bits per heavy atom. The molecule has 0 atom stereocenters. The maximum atomic E-state index is 5.94. The summed E-state index contributed by atoms with van der Waals surface area (Å²) in [6, 6.07) is 23.0. The van der Waals surface area contributed by atoms with Gasteiger partial charge < -0.3 is 0 Å². The minimum atomic E-state index is 0.216. The summed E-state index contributed by atoms with van der Waals surface area (Å²) in [7, 11) is 0. The second-order valence-electron chi connectivity index (χ2n) is 5.59. The van der Waals surface area contributed by atoms with Crippen molar-refractivity contribution in [3.63, 3.8) is 0 Å². The van der Waals surface area contributed by atoms with Crippen LogP contribution in [0.5, 0.6) is 0 Å². The lowest BCUT2D eigenvalue weighted by Crippen LogP contribution is -2.00.